The Morgan fingerprint density at radius 1 is 0.943 bits per heavy atom. The van der Waals surface area contributed by atoms with E-state index in [0.717, 1.165) is 22.3 Å². The average Bonchev–Trinajstić information content (AvgIpc) is 3.22. The minimum atomic E-state index is -0.493. The molecule has 0 aliphatic heterocycles. The van der Waals surface area contributed by atoms with Crippen LogP contribution in [0.15, 0.2) is 79.1 Å². The van der Waals surface area contributed by atoms with Crippen LogP contribution < -0.4 is 10.5 Å². The highest BCUT2D eigenvalue weighted by atomic mass is 35.5. The van der Waals surface area contributed by atoms with E-state index in [1.54, 1.807) is 48.8 Å². The molecule has 0 aliphatic carbocycles. The van der Waals surface area contributed by atoms with Crippen LogP contribution in [0.1, 0.15) is 21.7 Å². The van der Waals surface area contributed by atoms with E-state index in [9.17, 15) is 4.79 Å². The fourth-order valence-corrected chi connectivity index (χ4v) is 4.08. The van der Waals surface area contributed by atoms with E-state index in [-0.39, 0.29) is 6.61 Å². The Morgan fingerprint density at radius 2 is 1.71 bits per heavy atom. The van der Waals surface area contributed by atoms with Crippen molar-refractivity contribution in [2.75, 3.05) is 0 Å². The van der Waals surface area contributed by atoms with Gasteiger partial charge in [-0.05, 0) is 72.3 Å². The van der Waals surface area contributed by atoms with Crippen LogP contribution in [0.5, 0.6) is 5.75 Å². The van der Waals surface area contributed by atoms with Crippen LogP contribution in [0.25, 0.3) is 22.4 Å². The van der Waals surface area contributed by atoms with E-state index in [0.29, 0.717) is 39.4 Å². The fraction of sp³-hybridized carbons (Fsp3) is 0.0769. The van der Waals surface area contributed by atoms with Crippen LogP contribution in [-0.2, 0) is 13.2 Å². The maximum absolute atomic E-state index is 11.3. The molecule has 0 unspecified atom stereocenters. The maximum Gasteiger partial charge on any atom is 0.248 e. The van der Waals surface area contributed by atoms with Crippen molar-refractivity contribution in [2.45, 2.75) is 13.2 Å². The number of nitrogens with zero attached hydrogens (tertiary/aromatic N) is 4. The highest BCUT2D eigenvalue weighted by molar-refractivity contribution is 6.33. The number of pyridine rings is 2. The first-order valence-corrected chi connectivity index (χ1v) is 11.5. The molecule has 0 spiro atoms. The summed E-state index contributed by atoms with van der Waals surface area (Å²) in [6, 6.07) is 19.6. The third-order valence-corrected chi connectivity index (χ3v) is 6.09. The summed E-state index contributed by atoms with van der Waals surface area (Å²) in [5, 5.41) is 1.18. The van der Waals surface area contributed by atoms with Gasteiger partial charge in [0.05, 0.1) is 12.2 Å². The number of fused-ring (bicyclic) bond motifs is 1. The molecule has 0 atom stereocenters. The molecule has 7 nitrogen and oxygen atoms in total. The summed E-state index contributed by atoms with van der Waals surface area (Å²) in [5.74, 6) is 0.752. The van der Waals surface area contributed by atoms with Gasteiger partial charge in [0.15, 0.2) is 5.65 Å². The van der Waals surface area contributed by atoms with Gasteiger partial charge in [0.25, 0.3) is 0 Å². The molecule has 174 valence electrons. The summed E-state index contributed by atoms with van der Waals surface area (Å²) in [6.07, 6.45) is 3.46. The van der Waals surface area contributed by atoms with E-state index < -0.39 is 5.91 Å². The Labute approximate surface area is 211 Å². The summed E-state index contributed by atoms with van der Waals surface area (Å²) in [4.78, 5) is 25.1. The SMILES string of the molecule is NC(=O)c1ccc(OCc2nc3ccc(-c4ccncc4)nc3n2Cc2cc(Cl)ccc2Cl)cc1. The van der Waals surface area contributed by atoms with Gasteiger partial charge in [0.2, 0.25) is 5.91 Å². The van der Waals surface area contributed by atoms with Crippen LogP contribution in [0.3, 0.4) is 0 Å². The molecule has 0 saturated carbocycles. The second-order valence-electron chi connectivity index (χ2n) is 7.80. The van der Waals surface area contributed by atoms with Crippen molar-refractivity contribution in [3.05, 3.63) is 106 Å². The Hall–Kier alpha value is -3.94. The van der Waals surface area contributed by atoms with Gasteiger partial charge in [-0.25, -0.2) is 9.97 Å². The van der Waals surface area contributed by atoms with E-state index in [1.807, 2.05) is 34.9 Å². The Kier molecular flexibility index (Phi) is 6.35. The maximum atomic E-state index is 11.3. The van der Waals surface area contributed by atoms with Gasteiger partial charge >= 0.3 is 0 Å². The third-order valence-electron chi connectivity index (χ3n) is 5.49. The van der Waals surface area contributed by atoms with Gasteiger partial charge in [-0.1, -0.05) is 23.2 Å². The number of hydrogen-bond acceptors (Lipinski definition) is 5. The summed E-state index contributed by atoms with van der Waals surface area (Å²) >= 11 is 12.7. The lowest BCUT2D eigenvalue weighted by Gasteiger charge is -2.12. The van der Waals surface area contributed by atoms with E-state index in [2.05, 4.69) is 4.98 Å². The quantitative estimate of drug-likeness (QED) is 0.315. The number of carbonyl (C=O) groups is 1. The second-order valence-corrected chi connectivity index (χ2v) is 8.65. The molecule has 35 heavy (non-hydrogen) atoms. The van der Waals surface area contributed by atoms with E-state index in [4.69, 9.17) is 43.6 Å². The number of nitrogens with two attached hydrogens (primary N) is 1. The monoisotopic (exact) mass is 503 g/mol. The van der Waals surface area contributed by atoms with Crippen molar-refractivity contribution in [2.24, 2.45) is 5.73 Å². The molecule has 0 fully saturated rings. The largest absolute Gasteiger partial charge is 0.486 e. The predicted octanol–water partition coefficient (Wildman–Crippen LogP) is 5.53. The van der Waals surface area contributed by atoms with Crippen molar-refractivity contribution in [1.82, 2.24) is 19.5 Å². The number of amides is 1. The Morgan fingerprint density at radius 3 is 2.46 bits per heavy atom. The highest BCUT2D eigenvalue weighted by Gasteiger charge is 2.16. The molecule has 3 heterocycles. The molecular formula is C26H19Cl2N5O2. The predicted molar refractivity (Wildman–Crippen MR) is 136 cm³/mol. The standard InChI is InChI=1S/C26H19Cl2N5O2/c27-19-3-6-21(28)18(13-19)14-33-24(15-35-20-4-1-17(2-5-20)25(29)34)31-23-8-7-22(32-26(23)33)16-9-11-30-12-10-16/h1-13H,14-15H2,(H2,29,34). The zero-order valence-corrected chi connectivity index (χ0v) is 19.9. The first-order valence-electron chi connectivity index (χ1n) is 10.7. The number of imidazole rings is 1. The van der Waals surface area contributed by atoms with Gasteiger partial charge in [-0.3, -0.25) is 9.78 Å². The summed E-state index contributed by atoms with van der Waals surface area (Å²) in [7, 11) is 0. The lowest BCUT2D eigenvalue weighted by Crippen LogP contribution is -2.11. The molecule has 1 amide bonds. The number of carbonyl (C=O) groups excluding carboxylic acids is 1. The number of hydrogen-bond donors (Lipinski definition) is 1. The van der Waals surface area contributed by atoms with Crippen molar-refractivity contribution in [1.29, 1.82) is 0 Å². The molecule has 2 N–H and O–H groups in total. The first kappa shape index (κ1) is 22.8. The summed E-state index contributed by atoms with van der Waals surface area (Å²) < 4.78 is 7.94. The van der Waals surface area contributed by atoms with Crippen LogP contribution in [0.4, 0.5) is 0 Å². The Bertz CT molecular complexity index is 1520. The number of rotatable bonds is 7. The number of aromatic nitrogens is 4. The minimum Gasteiger partial charge on any atom is -0.486 e. The highest BCUT2D eigenvalue weighted by Crippen LogP contribution is 2.26. The lowest BCUT2D eigenvalue weighted by atomic mass is 10.2. The fourth-order valence-electron chi connectivity index (χ4n) is 3.71. The van der Waals surface area contributed by atoms with Crippen LogP contribution in [0.2, 0.25) is 10.0 Å². The number of benzene rings is 2. The zero-order valence-electron chi connectivity index (χ0n) is 18.4. The lowest BCUT2D eigenvalue weighted by molar-refractivity contribution is 0.1000. The van der Waals surface area contributed by atoms with Crippen LogP contribution in [-0.4, -0.2) is 25.4 Å². The molecule has 9 heteroatoms. The first-order chi connectivity index (χ1) is 17.0. The van der Waals surface area contributed by atoms with Crippen molar-refractivity contribution >= 4 is 40.3 Å². The molecule has 5 rings (SSSR count). The summed E-state index contributed by atoms with van der Waals surface area (Å²) in [6.45, 7) is 0.580. The van der Waals surface area contributed by atoms with Crippen molar-refractivity contribution in [3.8, 4) is 17.0 Å². The molecule has 0 aliphatic rings. The van der Waals surface area contributed by atoms with Crippen molar-refractivity contribution < 1.29 is 9.53 Å². The number of primary amides is 1. The smallest absolute Gasteiger partial charge is 0.248 e. The van der Waals surface area contributed by atoms with Gasteiger partial charge in [-0.15, -0.1) is 0 Å². The summed E-state index contributed by atoms with van der Waals surface area (Å²) in [5.41, 5.74) is 9.73. The second kappa shape index (κ2) is 9.74. The van der Waals surface area contributed by atoms with E-state index >= 15 is 0 Å². The van der Waals surface area contributed by atoms with E-state index in [1.165, 1.54) is 0 Å². The molecule has 5 aromatic rings. The van der Waals surface area contributed by atoms with Crippen LogP contribution >= 0.6 is 23.2 Å². The third kappa shape index (κ3) is 4.96. The van der Waals surface area contributed by atoms with Gasteiger partial charge in [0, 0.05) is 33.6 Å². The molecule has 0 radical (unpaired) electrons. The van der Waals surface area contributed by atoms with Gasteiger partial charge in [-0.2, -0.15) is 0 Å². The van der Waals surface area contributed by atoms with Crippen LogP contribution in [0, 0.1) is 0 Å². The molecule has 0 saturated heterocycles. The number of halogens is 2. The minimum absolute atomic E-state index is 0.176. The van der Waals surface area contributed by atoms with Gasteiger partial charge < -0.3 is 15.0 Å². The molecule has 0 bridgehead atoms. The topological polar surface area (TPSA) is 95.9 Å². The van der Waals surface area contributed by atoms with Gasteiger partial charge in [0.1, 0.15) is 23.7 Å². The average molecular weight is 504 g/mol. The number of ether oxygens (including phenoxy) is 1. The zero-order chi connectivity index (χ0) is 24.4. The molecule has 3 aromatic heterocycles. The van der Waals surface area contributed by atoms with Crippen molar-refractivity contribution in [3.63, 3.8) is 0 Å². The normalized spacial score (nSPS) is 11.0. The Balaban J connectivity index is 1.54. The molecular weight excluding hydrogens is 485 g/mol. The molecule has 2 aromatic carbocycles.